The van der Waals surface area contributed by atoms with Crippen LogP contribution in [0.5, 0.6) is 5.75 Å². The third-order valence-electron chi connectivity index (χ3n) is 1.29. The van der Waals surface area contributed by atoms with Crippen molar-refractivity contribution in [3.05, 3.63) is 29.8 Å². The second-order valence-electron chi connectivity index (χ2n) is 2.12. The zero-order valence-electron chi connectivity index (χ0n) is 5.73. The molecular formula is C7H8O3S. The Labute approximate surface area is 66.2 Å². The van der Waals surface area contributed by atoms with Crippen LogP contribution in [-0.4, -0.2) is 13.5 Å². The number of aromatic hydroxyl groups is 1. The summed E-state index contributed by atoms with van der Waals surface area (Å²) in [4.78, 5) is 0. The minimum absolute atomic E-state index is 0.0340. The van der Waals surface area contributed by atoms with E-state index in [4.69, 9.17) is 5.11 Å². The molecule has 0 aliphatic carbocycles. The highest BCUT2D eigenvalue weighted by Gasteiger charge is 1.98. The van der Waals surface area contributed by atoms with Gasteiger partial charge >= 0.3 is 0 Å². The van der Waals surface area contributed by atoms with E-state index < -0.39 is 10.7 Å². The number of thiol groups is 1. The molecule has 0 aliphatic rings. The van der Waals surface area contributed by atoms with Gasteiger partial charge in [-0.1, -0.05) is 18.2 Å². The van der Waals surface area contributed by atoms with Crippen LogP contribution in [0.3, 0.4) is 0 Å². The summed E-state index contributed by atoms with van der Waals surface area (Å²) in [5.74, 6) is -0.0613. The molecule has 1 N–H and O–H groups in total. The van der Waals surface area contributed by atoms with Gasteiger partial charge in [-0.15, -0.1) is 0 Å². The molecule has 0 spiro atoms. The van der Waals surface area contributed by atoms with Crippen molar-refractivity contribution in [2.45, 2.75) is 5.75 Å². The number of para-hydroxylation sites is 1. The quantitative estimate of drug-likeness (QED) is 0.639. The van der Waals surface area contributed by atoms with E-state index in [2.05, 4.69) is 0 Å². The molecule has 0 bridgehead atoms. The maximum Gasteiger partial charge on any atom is 0.144 e. The molecule has 0 saturated carbocycles. The lowest BCUT2D eigenvalue weighted by Gasteiger charge is -1.96. The average molecular weight is 172 g/mol. The summed E-state index contributed by atoms with van der Waals surface area (Å²) in [6, 6.07) is 6.39. The lowest BCUT2D eigenvalue weighted by Crippen LogP contribution is -1.86. The Morgan fingerprint density at radius 1 is 1.27 bits per heavy atom. The molecule has 1 aromatic rings. The Balaban J connectivity index is 2.94. The van der Waals surface area contributed by atoms with Crippen molar-refractivity contribution in [2.75, 3.05) is 0 Å². The van der Waals surface area contributed by atoms with Crippen LogP contribution < -0.4 is 0 Å². The van der Waals surface area contributed by atoms with Crippen molar-refractivity contribution in [2.24, 2.45) is 0 Å². The van der Waals surface area contributed by atoms with Crippen molar-refractivity contribution < 1.29 is 13.5 Å². The van der Waals surface area contributed by atoms with Gasteiger partial charge in [0.15, 0.2) is 0 Å². The normalized spacial score (nSPS) is 10.3. The number of hydrogen-bond donors (Lipinski definition) is 2. The van der Waals surface area contributed by atoms with Crippen LogP contribution in [0.4, 0.5) is 0 Å². The lowest BCUT2D eigenvalue weighted by atomic mass is 10.2. The highest BCUT2D eigenvalue weighted by molar-refractivity contribution is 7.71. The molecule has 60 valence electrons. The van der Waals surface area contributed by atoms with E-state index >= 15 is 0 Å². The third-order valence-corrected chi connectivity index (χ3v) is 1.89. The van der Waals surface area contributed by atoms with E-state index in [1.807, 2.05) is 0 Å². The summed E-state index contributed by atoms with van der Waals surface area (Å²) >= 11 is 0. The second kappa shape index (κ2) is 3.39. The maximum atomic E-state index is 10.2. The van der Waals surface area contributed by atoms with Crippen molar-refractivity contribution in [1.29, 1.82) is 0 Å². The van der Waals surface area contributed by atoms with Crippen LogP contribution in [0.15, 0.2) is 24.3 Å². The van der Waals surface area contributed by atoms with Crippen LogP contribution >= 0.6 is 0 Å². The Morgan fingerprint density at radius 2 is 1.91 bits per heavy atom. The van der Waals surface area contributed by atoms with Gasteiger partial charge in [0, 0.05) is 5.56 Å². The number of phenols is 1. The van der Waals surface area contributed by atoms with E-state index in [1.165, 1.54) is 6.07 Å². The summed E-state index contributed by atoms with van der Waals surface area (Å²) < 4.78 is 20.5. The summed E-state index contributed by atoms with van der Waals surface area (Å²) in [6.45, 7) is 0. The summed E-state index contributed by atoms with van der Waals surface area (Å²) in [5, 5.41) is 9.09. The molecule has 0 saturated heterocycles. The minimum Gasteiger partial charge on any atom is -0.508 e. The fraction of sp³-hybridized carbons (Fsp3) is 0.143. The van der Waals surface area contributed by atoms with Crippen molar-refractivity contribution >= 4 is 10.7 Å². The fourth-order valence-electron chi connectivity index (χ4n) is 0.784. The van der Waals surface area contributed by atoms with E-state index in [-0.39, 0.29) is 11.5 Å². The monoisotopic (exact) mass is 172 g/mol. The van der Waals surface area contributed by atoms with E-state index in [0.29, 0.717) is 5.56 Å². The number of hydrogen-bond acceptors (Lipinski definition) is 3. The maximum absolute atomic E-state index is 10.2. The molecular weight excluding hydrogens is 164 g/mol. The van der Waals surface area contributed by atoms with Gasteiger partial charge < -0.3 is 5.11 Å². The summed E-state index contributed by atoms with van der Waals surface area (Å²) in [5.41, 5.74) is 0.448. The molecule has 0 radical (unpaired) electrons. The highest BCUT2D eigenvalue weighted by Crippen LogP contribution is 2.15. The first-order valence-corrected chi connectivity index (χ1v) is 4.45. The number of phenolic OH excluding ortho intramolecular Hbond substituents is 1. The van der Waals surface area contributed by atoms with Crippen molar-refractivity contribution in [1.82, 2.24) is 0 Å². The first-order chi connectivity index (χ1) is 5.20. The van der Waals surface area contributed by atoms with Gasteiger partial charge in [0.25, 0.3) is 0 Å². The van der Waals surface area contributed by atoms with Gasteiger partial charge in [-0.05, 0) is 6.07 Å². The standard InChI is InChI=1S/C7H8O3S/c8-7-4-2-1-3-6(7)5-11(9)10/h1-4,8,11H,5H2. The summed E-state index contributed by atoms with van der Waals surface area (Å²) in [7, 11) is -2.45. The van der Waals surface area contributed by atoms with Crippen LogP contribution in [0.1, 0.15) is 5.56 Å². The first-order valence-electron chi connectivity index (χ1n) is 3.09. The van der Waals surface area contributed by atoms with Crippen LogP contribution in [0.2, 0.25) is 0 Å². The predicted octanol–water partition coefficient (Wildman–Crippen LogP) is 0.504. The minimum atomic E-state index is -2.45. The zero-order valence-corrected chi connectivity index (χ0v) is 6.62. The molecule has 1 aromatic carbocycles. The SMILES string of the molecule is O=[SH](=O)Cc1ccccc1O. The first kappa shape index (κ1) is 8.07. The summed E-state index contributed by atoms with van der Waals surface area (Å²) in [6.07, 6.45) is 0. The Bertz CT molecular complexity index is 309. The molecule has 0 fully saturated rings. The molecule has 0 atom stereocenters. The van der Waals surface area contributed by atoms with Gasteiger partial charge in [-0.25, -0.2) is 8.42 Å². The smallest absolute Gasteiger partial charge is 0.144 e. The number of rotatable bonds is 2. The highest BCUT2D eigenvalue weighted by atomic mass is 32.2. The largest absolute Gasteiger partial charge is 0.508 e. The molecule has 0 heterocycles. The zero-order chi connectivity index (χ0) is 8.27. The molecule has 0 aliphatic heterocycles. The Kier molecular flexibility index (Phi) is 2.48. The molecule has 0 aromatic heterocycles. The molecule has 11 heavy (non-hydrogen) atoms. The molecule has 0 unspecified atom stereocenters. The van der Waals surface area contributed by atoms with Gasteiger partial charge in [0.05, 0.1) is 5.75 Å². The third kappa shape index (κ3) is 2.23. The predicted molar refractivity (Wildman–Crippen MR) is 42.1 cm³/mol. The van der Waals surface area contributed by atoms with E-state index in [9.17, 15) is 8.42 Å². The average Bonchev–Trinajstić information content (AvgIpc) is 1.93. The van der Waals surface area contributed by atoms with Gasteiger partial charge in [-0.2, -0.15) is 0 Å². The van der Waals surface area contributed by atoms with Gasteiger partial charge in [-0.3, -0.25) is 0 Å². The second-order valence-corrected chi connectivity index (χ2v) is 3.10. The van der Waals surface area contributed by atoms with E-state index in [0.717, 1.165) is 0 Å². The Hall–Kier alpha value is -1.03. The topological polar surface area (TPSA) is 54.4 Å². The van der Waals surface area contributed by atoms with Gasteiger partial charge in [0.2, 0.25) is 0 Å². The Morgan fingerprint density at radius 3 is 2.45 bits per heavy atom. The van der Waals surface area contributed by atoms with Crippen LogP contribution in [-0.2, 0) is 16.5 Å². The van der Waals surface area contributed by atoms with Crippen molar-refractivity contribution in [3.8, 4) is 5.75 Å². The van der Waals surface area contributed by atoms with Crippen LogP contribution in [0, 0.1) is 0 Å². The molecule has 4 heteroatoms. The number of benzene rings is 1. The van der Waals surface area contributed by atoms with Crippen molar-refractivity contribution in [3.63, 3.8) is 0 Å². The molecule has 0 amide bonds. The van der Waals surface area contributed by atoms with Crippen LogP contribution in [0.25, 0.3) is 0 Å². The molecule has 1 rings (SSSR count). The fourth-order valence-corrected chi connectivity index (χ4v) is 1.33. The van der Waals surface area contributed by atoms with Gasteiger partial charge in [0.1, 0.15) is 16.5 Å². The van der Waals surface area contributed by atoms with E-state index in [1.54, 1.807) is 18.2 Å². The lowest BCUT2D eigenvalue weighted by molar-refractivity contribution is 0.470. The molecule has 3 nitrogen and oxygen atoms in total.